The smallest absolute Gasteiger partial charge is 0.326 e. The summed E-state index contributed by atoms with van der Waals surface area (Å²) in [6.07, 6.45) is 0.502. The quantitative estimate of drug-likeness (QED) is 0.0282. The highest BCUT2D eigenvalue weighted by molar-refractivity contribution is 5.97. The molecule has 2 rings (SSSR count). The van der Waals surface area contributed by atoms with Crippen LogP contribution in [0.2, 0.25) is 0 Å². The number of nitrogens with two attached hydrogens (primary N) is 3. The number of aromatic nitrogens is 1. The first-order valence-corrected chi connectivity index (χ1v) is 19.0. The molecule has 21 nitrogen and oxygen atoms in total. The number of aliphatic hydroxyl groups excluding tert-OH is 2. The summed E-state index contributed by atoms with van der Waals surface area (Å²) in [6, 6.07) is -1.26. The minimum atomic E-state index is -1.72. The predicted molar refractivity (Wildman–Crippen MR) is 213 cm³/mol. The molecule has 1 aromatic heterocycles. The number of carbonyl (C=O) groups excluding carboxylic acids is 6. The maximum absolute atomic E-state index is 13.6. The molecular weight excluding hydrogens is 758 g/mol. The SMILES string of the molecule is CC[C@H](C)[C@H](NC(=O)[C@H](CO)NC(=O)[C@@H](NC(=O)[C@H](CCCN=C(N)N)NC(=O)[C@@H](NC(=O)CN)C(C)C)[C@@H](C)O)C(=O)N[C@@H](Cc1c[nH]c2ccccc12)C(=O)O. The van der Waals surface area contributed by atoms with Crippen molar-refractivity contribution in [1.82, 2.24) is 36.9 Å². The first-order valence-electron chi connectivity index (χ1n) is 19.0. The van der Waals surface area contributed by atoms with Crippen molar-refractivity contribution in [2.24, 2.45) is 34.0 Å². The van der Waals surface area contributed by atoms with Gasteiger partial charge in [0.15, 0.2) is 5.96 Å². The molecule has 16 N–H and O–H groups in total. The second-order valence-electron chi connectivity index (χ2n) is 14.3. The Bertz CT molecular complexity index is 1760. The first kappa shape index (κ1) is 48.3. The van der Waals surface area contributed by atoms with Crippen molar-refractivity contribution in [1.29, 1.82) is 0 Å². The van der Waals surface area contributed by atoms with E-state index in [9.17, 15) is 48.9 Å². The number of nitrogens with zero attached hydrogens (tertiary/aromatic N) is 1. The van der Waals surface area contributed by atoms with Gasteiger partial charge >= 0.3 is 5.97 Å². The number of fused-ring (bicyclic) bond motifs is 1. The summed E-state index contributed by atoms with van der Waals surface area (Å²) in [5.74, 6) is -7.69. The maximum atomic E-state index is 13.6. The second kappa shape index (κ2) is 23.4. The van der Waals surface area contributed by atoms with Crippen molar-refractivity contribution in [3.8, 4) is 0 Å². The highest BCUT2D eigenvalue weighted by Gasteiger charge is 2.36. The lowest BCUT2D eigenvalue weighted by Crippen LogP contribution is -2.62. The largest absolute Gasteiger partial charge is 0.480 e. The summed E-state index contributed by atoms with van der Waals surface area (Å²) in [7, 11) is 0. The van der Waals surface area contributed by atoms with Crippen LogP contribution in [0.3, 0.4) is 0 Å². The molecule has 58 heavy (non-hydrogen) atoms. The number of H-pyrrole nitrogens is 1. The van der Waals surface area contributed by atoms with Gasteiger partial charge in [-0.15, -0.1) is 0 Å². The highest BCUT2D eigenvalue weighted by atomic mass is 16.4. The molecule has 0 bridgehead atoms. The van der Waals surface area contributed by atoms with Gasteiger partial charge in [-0.1, -0.05) is 52.3 Å². The fraction of sp³-hybridized carbons (Fsp3) is 0.568. The zero-order valence-electron chi connectivity index (χ0n) is 33.4. The zero-order valence-corrected chi connectivity index (χ0v) is 33.4. The van der Waals surface area contributed by atoms with Gasteiger partial charge in [0.1, 0.15) is 36.3 Å². The van der Waals surface area contributed by atoms with E-state index in [0.29, 0.717) is 12.0 Å². The molecule has 0 spiro atoms. The molecule has 21 heteroatoms. The fourth-order valence-electron chi connectivity index (χ4n) is 5.85. The molecule has 0 saturated carbocycles. The lowest BCUT2D eigenvalue weighted by atomic mass is 9.97. The van der Waals surface area contributed by atoms with Crippen LogP contribution in [0.15, 0.2) is 35.5 Å². The first-order chi connectivity index (χ1) is 27.3. The summed E-state index contributed by atoms with van der Waals surface area (Å²) in [6.45, 7) is 6.60. The molecule has 0 unspecified atom stereocenters. The van der Waals surface area contributed by atoms with E-state index in [-0.39, 0.29) is 38.3 Å². The number of hydrogen-bond acceptors (Lipinski definition) is 11. The Hall–Kier alpha value is -5.80. The van der Waals surface area contributed by atoms with E-state index in [2.05, 4.69) is 41.9 Å². The van der Waals surface area contributed by atoms with E-state index in [1.165, 1.54) is 6.92 Å². The number of guanidine groups is 1. The summed E-state index contributed by atoms with van der Waals surface area (Å²) in [5.41, 5.74) is 17.6. The number of carboxylic acid groups (broad SMARTS) is 1. The average Bonchev–Trinajstić information content (AvgIpc) is 3.59. The predicted octanol–water partition coefficient (Wildman–Crippen LogP) is -3.21. The highest BCUT2D eigenvalue weighted by Crippen LogP contribution is 2.20. The molecule has 0 radical (unpaired) electrons. The van der Waals surface area contributed by atoms with Crippen molar-refractivity contribution in [2.75, 3.05) is 19.7 Å². The van der Waals surface area contributed by atoms with Gasteiger partial charge in [-0.05, 0) is 43.2 Å². The van der Waals surface area contributed by atoms with Gasteiger partial charge < -0.3 is 69.4 Å². The Kier molecular flexibility index (Phi) is 19.5. The maximum Gasteiger partial charge on any atom is 0.326 e. The molecule has 0 aliphatic carbocycles. The number of amides is 6. The molecule has 1 aromatic carbocycles. The van der Waals surface area contributed by atoms with Crippen LogP contribution in [0.1, 0.15) is 59.4 Å². The van der Waals surface area contributed by atoms with Gasteiger partial charge in [0, 0.05) is 30.1 Å². The van der Waals surface area contributed by atoms with Gasteiger partial charge in [-0.25, -0.2) is 4.79 Å². The van der Waals surface area contributed by atoms with Crippen LogP contribution in [-0.2, 0) is 40.0 Å². The van der Waals surface area contributed by atoms with Crippen LogP contribution in [-0.4, -0.2) is 130 Å². The van der Waals surface area contributed by atoms with Crippen LogP contribution < -0.4 is 49.1 Å². The van der Waals surface area contributed by atoms with Gasteiger partial charge in [-0.2, -0.15) is 0 Å². The number of rotatable bonds is 24. The van der Waals surface area contributed by atoms with Gasteiger partial charge in [0.25, 0.3) is 0 Å². The van der Waals surface area contributed by atoms with Gasteiger partial charge in [0.2, 0.25) is 35.4 Å². The molecule has 0 saturated heterocycles. The molecular formula is C37H59N11O10. The number of carbonyl (C=O) groups is 7. The summed E-state index contributed by atoms with van der Waals surface area (Å²) in [5, 5.41) is 46.1. The van der Waals surface area contributed by atoms with Crippen LogP contribution in [0, 0.1) is 11.8 Å². The Morgan fingerprint density at radius 1 is 0.776 bits per heavy atom. The van der Waals surface area contributed by atoms with E-state index < -0.39 is 102 Å². The lowest BCUT2D eigenvalue weighted by Gasteiger charge is -2.29. The molecule has 322 valence electrons. The van der Waals surface area contributed by atoms with Crippen LogP contribution in [0.4, 0.5) is 0 Å². The number of aromatic amines is 1. The van der Waals surface area contributed by atoms with E-state index in [0.717, 1.165) is 10.9 Å². The summed E-state index contributed by atoms with van der Waals surface area (Å²) >= 11 is 0. The fourth-order valence-corrected chi connectivity index (χ4v) is 5.85. The number of carboxylic acids is 1. The van der Waals surface area contributed by atoms with Gasteiger partial charge in [0.05, 0.1) is 19.3 Å². The van der Waals surface area contributed by atoms with Crippen molar-refractivity contribution in [3.63, 3.8) is 0 Å². The van der Waals surface area contributed by atoms with Crippen molar-refractivity contribution in [3.05, 3.63) is 36.0 Å². The van der Waals surface area contributed by atoms with Crippen molar-refractivity contribution >= 4 is 58.3 Å². The van der Waals surface area contributed by atoms with Crippen molar-refractivity contribution < 1.29 is 48.9 Å². The third kappa shape index (κ3) is 14.6. The van der Waals surface area contributed by atoms with E-state index in [1.54, 1.807) is 40.0 Å². The summed E-state index contributed by atoms with van der Waals surface area (Å²) < 4.78 is 0. The molecule has 8 atom stereocenters. The third-order valence-electron chi connectivity index (χ3n) is 9.41. The normalized spacial score (nSPS) is 15.3. The number of benzene rings is 1. The van der Waals surface area contributed by atoms with Crippen LogP contribution >= 0.6 is 0 Å². The topological polar surface area (TPSA) is 359 Å². The Labute approximate surface area is 336 Å². The molecule has 0 aliphatic rings. The second-order valence-corrected chi connectivity index (χ2v) is 14.3. The standard InChI is InChI=1S/C37H59N11O10/c1-6-19(4)29(34(55)44-25(36(57)58)14-21-16-42-23-11-8-7-10-22(21)23)47-32(53)26(17-49)45-35(56)30(20(5)50)48-31(52)24(12-9-13-41-37(39)40)43-33(54)28(18(2)3)46-27(51)15-38/h7-8,10-11,16,18-20,24-26,28-30,42,49-50H,6,9,12-15,17,38H2,1-5H3,(H,43,54)(H,44,55)(H,45,56)(H,46,51)(H,47,53)(H,48,52)(H,57,58)(H4,39,40,41)/t19-,20+,24-,25-,26-,28-,29-,30-/m0/s1. The number of hydrogen-bond donors (Lipinski definition) is 13. The lowest BCUT2D eigenvalue weighted by molar-refractivity contribution is -0.142. The van der Waals surface area contributed by atoms with Crippen LogP contribution in [0.25, 0.3) is 10.9 Å². The Balaban J connectivity index is 2.23. The summed E-state index contributed by atoms with van der Waals surface area (Å²) in [4.78, 5) is 98.5. The number of aliphatic hydroxyl groups is 2. The minimum Gasteiger partial charge on any atom is -0.480 e. The van der Waals surface area contributed by atoms with Crippen LogP contribution in [0.5, 0.6) is 0 Å². The van der Waals surface area contributed by atoms with Crippen molar-refractivity contribution in [2.45, 2.75) is 103 Å². The zero-order chi connectivity index (χ0) is 43.7. The number of nitrogens with one attached hydrogen (secondary N) is 7. The number of para-hydroxylation sites is 1. The molecule has 6 amide bonds. The average molecular weight is 818 g/mol. The van der Waals surface area contributed by atoms with E-state index in [1.807, 2.05) is 18.2 Å². The molecule has 0 aliphatic heterocycles. The van der Waals surface area contributed by atoms with Gasteiger partial charge in [-0.3, -0.25) is 33.8 Å². The van der Waals surface area contributed by atoms with E-state index >= 15 is 0 Å². The molecule has 0 fully saturated rings. The molecule has 2 aromatic rings. The minimum absolute atomic E-state index is 0.0522. The number of aliphatic imine (C=N–C) groups is 1. The monoisotopic (exact) mass is 817 g/mol. The Morgan fingerprint density at radius 2 is 1.34 bits per heavy atom. The Morgan fingerprint density at radius 3 is 1.91 bits per heavy atom. The third-order valence-corrected chi connectivity index (χ3v) is 9.41. The molecule has 1 heterocycles. The van der Waals surface area contributed by atoms with E-state index in [4.69, 9.17) is 17.2 Å². The number of aliphatic carboxylic acids is 1.